The van der Waals surface area contributed by atoms with E-state index in [2.05, 4.69) is 27.7 Å². The Balaban J connectivity index is 2.06. The van der Waals surface area contributed by atoms with Crippen LogP contribution < -0.4 is 5.32 Å². The molecule has 2 N–H and O–H groups in total. The van der Waals surface area contributed by atoms with E-state index in [4.69, 9.17) is 11.6 Å². The molecule has 2 rings (SSSR count). The number of nitrogens with one attached hydrogen (secondary N) is 2. The summed E-state index contributed by atoms with van der Waals surface area (Å²) in [6, 6.07) is 0. The van der Waals surface area contributed by atoms with Crippen LogP contribution in [0.1, 0.15) is 43.1 Å². The standard InChI is InChI=1S/C11H17ClN4O/c1-8-3-2-4-11(5-8,7-12)14-10(17)9-6-13-16-15-9/h6,8H,2-5,7H2,1H3,(H,14,17)(H,13,15,16). The smallest absolute Gasteiger partial charge is 0.273 e. The minimum atomic E-state index is -0.282. The van der Waals surface area contributed by atoms with Gasteiger partial charge in [-0.1, -0.05) is 19.8 Å². The van der Waals surface area contributed by atoms with E-state index in [1.165, 1.54) is 12.6 Å². The molecule has 0 aromatic carbocycles. The lowest BCUT2D eigenvalue weighted by Crippen LogP contribution is -2.52. The van der Waals surface area contributed by atoms with E-state index in [0.29, 0.717) is 17.5 Å². The van der Waals surface area contributed by atoms with Crippen LogP contribution in [0.4, 0.5) is 0 Å². The van der Waals surface area contributed by atoms with Crippen LogP contribution in [-0.4, -0.2) is 32.7 Å². The molecule has 5 nitrogen and oxygen atoms in total. The first kappa shape index (κ1) is 12.4. The van der Waals surface area contributed by atoms with Crippen molar-refractivity contribution in [3.63, 3.8) is 0 Å². The summed E-state index contributed by atoms with van der Waals surface area (Å²) in [4.78, 5) is 12.0. The van der Waals surface area contributed by atoms with Crippen molar-refractivity contribution in [2.45, 2.75) is 38.1 Å². The van der Waals surface area contributed by atoms with E-state index in [0.717, 1.165) is 19.3 Å². The number of hydrogen-bond acceptors (Lipinski definition) is 3. The molecule has 1 fully saturated rings. The fourth-order valence-electron chi connectivity index (χ4n) is 2.54. The molecule has 1 aliphatic carbocycles. The third kappa shape index (κ3) is 2.77. The Labute approximate surface area is 105 Å². The Morgan fingerprint density at radius 3 is 3.18 bits per heavy atom. The van der Waals surface area contributed by atoms with Gasteiger partial charge in [0.15, 0.2) is 5.69 Å². The summed E-state index contributed by atoms with van der Waals surface area (Å²) in [7, 11) is 0. The molecule has 0 bridgehead atoms. The zero-order chi connectivity index (χ0) is 12.3. The van der Waals surface area contributed by atoms with Crippen LogP contribution in [0.5, 0.6) is 0 Å². The molecule has 94 valence electrons. The minimum Gasteiger partial charge on any atom is -0.344 e. The molecule has 0 radical (unpaired) electrons. The van der Waals surface area contributed by atoms with Crippen molar-refractivity contribution in [3.8, 4) is 0 Å². The first-order valence-electron chi connectivity index (χ1n) is 5.89. The van der Waals surface area contributed by atoms with Crippen molar-refractivity contribution in [2.75, 3.05) is 5.88 Å². The molecule has 2 atom stereocenters. The van der Waals surface area contributed by atoms with Gasteiger partial charge in [0.05, 0.1) is 11.7 Å². The number of halogens is 1. The predicted molar refractivity (Wildman–Crippen MR) is 64.9 cm³/mol. The quantitative estimate of drug-likeness (QED) is 0.809. The summed E-state index contributed by atoms with van der Waals surface area (Å²) in [5.41, 5.74) is 0.0302. The summed E-state index contributed by atoms with van der Waals surface area (Å²) in [6.07, 6.45) is 5.60. The van der Waals surface area contributed by atoms with E-state index in [1.807, 2.05) is 0 Å². The number of nitrogens with zero attached hydrogens (tertiary/aromatic N) is 2. The lowest BCUT2D eigenvalue weighted by molar-refractivity contribution is 0.0862. The van der Waals surface area contributed by atoms with Crippen molar-refractivity contribution < 1.29 is 4.79 Å². The van der Waals surface area contributed by atoms with E-state index in [9.17, 15) is 4.79 Å². The maximum atomic E-state index is 12.0. The van der Waals surface area contributed by atoms with E-state index < -0.39 is 0 Å². The van der Waals surface area contributed by atoms with Gasteiger partial charge in [-0.05, 0) is 18.8 Å². The number of alkyl halides is 1. The highest BCUT2D eigenvalue weighted by atomic mass is 35.5. The van der Waals surface area contributed by atoms with Gasteiger partial charge in [0.1, 0.15) is 0 Å². The molecule has 1 heterocycles. The molecule has 1 aromatic rings. The van der Waals surface area contributed by atoms with Gasteiger partial charge in [0, 0.05) is 5.88 Å². The van der Waals surface area contributed by atoms with Crippen molar-refractivity contribution in [2.24, 2.45) is 5.92 Å². The molecule has 0 saturated heterocycles. The summed E-state index contributed by atoms with van der Waals surface area (Å²) in [5.74, 6) is 0.842. The highest BCUT2D eigenvalue weighted by Gasteiger charge is 2.36. The molecule has 1 saturated carbocycles. The first-order valence-corrected chi connectivity index (χ1v) is 6.43. The normalized spacial score (nSPS) is 28.9. The van der Waals surface area contributed by atoms with Gasteiger partial charge in [-0.25, -0.2) is 0 Å². The molecule has 17 heavy (non-hydrogen) atoms. The molecule has 0 aliphatic heterocycles. The van der Waals surface area contributed by atoms with Gasteiger partial charge in [0.25, 0.3) is 5.91 Å². The van der Waals surface area contributed by atoms with Crippen LogP contribution in [0.15, 0.2) is 6.20 Å². The van der Waals surface area contributed by atoms with E-state index in [1.54, 1.807) is 0 Å². The molecular weight excluding hydrogens is 240 g/mol. The SMILES string of the molecule is CC1CCCC(CCl)(NC(=O)c2cn[nH]n2)C1. The summed E-state index contributed by atoms with van der Waals surface area (Å²) in [5, 5.41) is 12.9. The maximum absolute atomic E-state index is 12.0. The highest BCUT2D eigenvalue weighted by Crippen LogP contribution is 2.33. The fraction of sp³-hybridized carbons (Fsp3) is 0.727. The molecule has 2 unspecified atom stereocenters. The Morgan fingerprint density at radius 2 is 2.59 bits per heavy atom. The van der Waals surface area contributed by atoms with Crippen LogP contribution in [0.2, 0.25) is 0 Å². The molecule has 1 aliphatic rings. The van der Waals surface area contributed by atoms with Crippen LogP contribution in [0.3, 0.4) is 0 Å². The van der Waals surface area contributed by atoms with Gasteiger partial charge >= 0.3 is 0 Å². The summed E-state index contributed by atoms with van der Waals surface area (Å²) < 4.78 is 0. The Hall–Kier alpha value is -1.10. The third-order valence-corrected chi connectivity index (χ3v) is 3.89. The van der Waals surface area contributed by atoms with Gasteiger partial charge in [-0.15, -0.1) is 11.6 Å². The number of carbonyl (C=O) groups excluding carboxylic acids is 1. The van der Waals surface area contributed by atoms with Gasteiger partial charge in [-0.2, -0.15) is 15.4 Å². The maximum Gasteiger partial charge on any atom is 0.273 e. The van der Waals surface area contributed by atoms with Crippen molar-refractivity contribution in [3.05, 3.63) is 11.9 Å². The number of aromatic amines is 1. The number of aromatic nitrogens is 3. The van der Waals surface area contributed by atoms with Crippen LogP contribution in [0, 0.1) is 5.92 Å². The molecule has 1 amide bonds. The van der Waals surface area contributed by atoms with Crippen molar-refractivity contribution in [1.29, 1.82) is 0 Å². The second-order valence-corrected chi connectivity index (χ2v) is 5.19. The summed E-state index contributed by atoms with van der Waals surface area (Å²) in [6.45, 7) is 2.20. The molecular formula is C11H17ClN4O. The van der Waals surface area contributed by atoms with Gasteiger partial charge < -0.3 is 5.32 Å². The number of rotatable bonds is 3. The zero-order valence-corrected chi connectivity index (χ0v) is 10.6. The summed E-state index contributed by atoms with van der Waals surface area (Å²) >= 11 is 6.05. The van der Waals surface area contributed by atoms with Crippen LogP contribution in [0.25, 0.3) is 0 Å². The topological polar surface area (TPSA) is 70.7 Å². The molecule has 6 heteroatoms. The van der Waals surface area contributed by atoms with E-state index >= 15 is 0 Å². The van der Waals surface area contributed by atoms with E-state index in [-0.39, 0.29) is 11.4 Å². The zero-order valence-electron chi connectivity index (χ0n) is 9.87. The highest BCUT2D eigenvalue weighted by molar-refractivity contribution is 6.18. The Kier molecular flexibility index (Phi) is 3.66. The Morgan fingerprint density at radius 1 is 1.76 bits per heavy atom. The third-order valence-electron chi connectivity index (χ3n) is 3.37. The number of H-pyrrole nitrogens is 1. The second kappa shape index (κ2) is 5.04. The van der Waals surface area contributed by atoms with Gasteiger partial charge in [-0.3, -0.25) is 4.79 Å². The van der Waals surface area contributed by atoms with Crippen molar-refractivity contribution >= 4 is 17.5 Å². The lowest BCUT2D eigenvalue weighted by atomic mass is 9.77. The predicted octanol–water partition coefficient (Wildman–Crippen LogP) is 1.72. The number of amides is 1. The number of hydrogen-bond donors (Lipinski definition) is 2. The van der Waals surface area contributed by atoms with Crippen molar-refractivity contribution in [1.82, 2.24) is 20.7 Å². The second-order valence-electron chi connectivity index (χ2n) is 4.92. The van der Waals surface area contributed by atoms with Gasteiger partial charge in [0.2, 0.25) is 0 Å². The monoisotopic (exact) mass is 256 g/mol. The average molecular weight is 257 g/mol. The minimum absolute atomic E-state index is 0.200. The fourth-order valence-corrected chi connectivity index (χ4v) is 2.85. The molecule has 1 aromatic heterocycles. The number of carbonyl (C=O) groups is 1. The Bertz CT molecular complexity index is 381. The van der Waals surface area contributed by atoms with Crippen LogP contribution >= 0.6 is 11.6 Å². The van der Waals surface area contributed by atoms with Crippen LogP contribution in [-0.2, 0) is 0 Å². The average Bonchev–Trinajstić information content (AvgIpc) is 2.82. The first-order chi connectivity index (χ1) is 8.15. The largest absolute Gasteiger partial charge is 0.344 e. The molecule has 0 spiro atoms. The lowest BCUT2D eigenvalue weighted by Gasteiger charge is -2.39.